The highest BCUT2D eigenvalue weighted by Gasteiger charge is 2.32. The number of hydrogen-bond acceptors (Lipinski definition) is 5. The molecule has 1 aromatic carbocycles. The topological polar surface area (TPSA) is 99.8 Å². The van der Waals surface area contributed by atoms with E-state index in [-0.39, 0.29) is 30.2 Å². The number of nitrogens with one attached hydrogen (secondary N) is 3. The van der Waals surface area contributed by atoms with Gasteiger partial charge in [-0.25, -0.2) is 0 Å². The van der Waals surface area contributed by atoms with Gasteiger partial charge in [0.1, 0.15) is 6.04 Å². The van der Waals surface area contributed by atoms with Crippen LogP contribution in [0.15, 0.2) is 18.2 Å². The molecule has 3 N–H and O–H groups in total. The Labute approximate surface area is 176 Å². The molecule has 8 heteroatoms. The van der Waals surface area contributed by atoms with Gasteiger partial charge in [-0.05, 0) is 44.2 Å². The first-order chi connectivity index (χ1) is 14.5. The van der Waals surface area contributed by atoms with Crippen LogP contribution in [0.25, 0.3) is 0 Å². The number of carbonyl (C=O) groups excluding carboxylic acids is 3. The van der Waals surface area contributed by atoms with Crippen LogP contribution in [-0.4, -0.2) is 67.1 Å². The number of aryl methyl sites for hydroxylation is 1. The summed E-state index contributed by atoms with van der Waals surface area (Å²) in [7, 11) is 0. The van der Waals surface area contributed by atoms with Crippen LogP contribution in [-0.2, 0) is 14.3 Å². The van der Waals surface area contributed by atoms with Crippen molar-refractivity contribution in [2.24, 2.45) is 0 Å². The summed E-state index contributed by atoms with van der Waals surface area (Å²) >= 11 is 0. The molecular formula is C22H30N4O4. The number of hydrogen-bond donors (Lipinski definition) is 3. The van der Waals surface area contributed by atoms with Crippen LogP contribution >= 0.6 is 0 Å². The van der Waals surface area contributed by atoms with E-state index in [0.717, 1.165) is 57.6 Å². The van der Waals surface area contributed by atoms with Gasteiger partial charge >= 0.3 is 0 Å². The molecule has 2 fully saturated rings. The van der Waals surface area contributed by atoms with E-state index in [2.05, 4.69) is 20.9 Å². The van der Waals surface area contributed by atoms with Crippen molar-refractivity contribution in [2.45, 2.75) is 57.2 Å². The van der Waals surface area contributed by atoms with Gasteiger partial charge in [0.25, 0.3) is 5.91 Å². The molecule has 1 aliphatic carbocycles. The number of fused-ring (bicyclic) bond motifs is 1. The molecule has 1 atom stereocenters. The first kappa shape index (κ1) is 20.8. The molecule has 0 spiro atoms. The monoisotopic (exact) mass is 414 g/mol. The van der Waals surface area contributed by atoms with E-state index in [9.17, 15) is 14.4 Å². The maximum Gasteiger partial charge on any atom is 0.254 e. The van der Waals surface area contributed by atoms with Crippen molar-refractivity contribution in [3.8, 4) is 0 Å². The van der Waals surface area contributed by atoms with Gasteiger partial charge < -0.3 is 20.7 Å². The number of amides is 3. The fourth-order valence-electron chi connectivity index (χ4n) is 4.73. The minimum absolute atomic E-state index is 0.0615. The number of rotatable bonds is 4. The van der Waals surface area contributed by atoms with Crippen molar-refractivity contribution in [2.75, 3.05) is 31.6 Å². The number of anilines is 1. The maximum absolute atomic E-state index is 12.6. The van der Waals surface area contributed by atoms with Crippen LogP contribution in [0.4, 0.5) is 5.69 Å². The van der Waals surface area contributed by atoms with E-state index in [0.29, 0.717) is 17.3 Å². The zero-order valence-corrected chi connectivity index (χ0v) is 17.4. The normalized spacial score (nSPS) is 27.4. The molecule has 0 bridgehead atoms. The molecule has 2 aliphatic heterocycles. The standard InChI is InChI=1S/C22H30N4O4/c1-14-3-2-4-17-20(14)22(29)25-18(21(28)24-17)13-19(27)23-15-5-7-16(8-6-15)26-9-11-30-12-10-26/h2-4,15-16,18H,5-13H2,1H3,(H,23,27)(H,24,28)(H,25,29)/t15-,16-,18-/m0/s1. The molecule has 1 saturated carbocycles. The summed E-state index contributed by atoms with van der Waals surface area (Å²) in [6.07, 6.45) is 3.91. The Morgan fingerprint density at radius 2 is 1.90 bits per heavy atom. The molecule has 0 radical (unpaired) electrons. The summed E-state index contributed by atoms with van der Waals surface area (Å²) in [4.78, 5) is 40.2. The Morgan fingerprint density at radius 3 is 2.63 bits per heavy atom. The van der Waals surface area contributed by atoms with Crippen LogP contribution in [0.2, 0.25) is 0 Å². The Morgan fingerprint density at radius 1 is 1.17 bits per heavy atom. The Hall–Kier alpha value is -2.45. The third kappa shape index (κ3) is 4.65. The van der Waals surface area contributed by atoms with Crippen molar-refractivity contribution in [3.63, 3.8) is 0 Å². The first-order valence-corrected chi connectivity index (χ1v) is 10.8. The molecule has 4 rings (SSSR count). The quantitative estimate of drug-likeness (QED) is 0.687. The number of nitrogens with zero attached hydrogens (tertiary/aromatic N) is 1. The zero-order valence-electron chi connectivity index (χ0n) is 17.4. The lowest BCUT2D eigenvalue weighted by Gasteiger charge is -2.38. The Bertz CT molecular complexity index is 813. The molecule has 2 heterocycles. The van der Waals surface area contributed by atoms with Gasteiger partial charge in [-0.2, -0.15) is 0 Å². The van der Waals surface area contributed by atoms with Crippen LogP contribution < -0.4 is 16.0 Å². The lowest BCUT2D eigenvalue weighted by atomic mass is 9.89. The van der Waals surface area contributed by atoms with Crippen LogP contribution in [0.5, 0.6) is 0 Å². The number of ether oxygens (including phenoxy) is 1. The third-order valence-corrected chi connectivity index (χ3v) is 6.39. The molecule has 3 amide bonds. The van der Waals surface area contributed by atoms with Crippen LogP contribution in [0.1, 0.15) is 48.0 Å². The summed E-state index contributed by atoms with van der Waals surface area (Å²) in [6.45, 7) is 5.40. The first-order valence-electron chi connectivity index (χ1n) is 10.8. The van der Waals surface area contributed by atoms with E-state index in [1.807, 2.05) is 13.0 Å². The van der Waals surface area contributed by atoms with E-state index >= 15 is 0 Å². The average Bonchev–Trinajstić information content (AvgIpc) is 2.85. The average molecular weight is 415 g/mol. The van der Waals surface area contributed by atoms with E-state index in [1.54, 1.807) is 12.1 Å². The Balaban J connectivity index is 1.29. The van der Waals surface area contributed by atoms with Crippen LogP contribution in [0.3, 0.4) is 0 Å². The summed E-state index contributed by atoms with van der Waals surface area (Å²) in [5, 5.41) is 8.55. The fraction of sp³-hybridized carbons (Fsp3) is 0.591. The van der Waals surface area contributed by atoms with E-state index in [4.69, 9.17) is 4.74 Å². The smallest absolute Gasteiger partial charge is 0.254 e. The second-order valence-electron chi connectivity index (χ2n) is 8.44. The Kier molecular flexibility index (Phi) is 6.34. The molecular weight excluding hydrogens is 384 g/mol. The van der Waals surface area contributed by atoms with Crippen molar-refractivity contribution in [1.82, 2.24) is 15.5 Å². The van der Waals surface area contributed by atoms with Crippen molar-refractivity contribution in [3.05, 3.63) is 29.3 Å². The fourth-order valence-corrected chi connectivity index (χ4v) is 4.73. The summed E-state index contributed by atoms with van der Waals surface area (Å²) < 4.78 is 5.43. The molecule has 0 aromatic heterocycles. The van der Waals surface area contributed by atoms with Gasteiger partial charge in [0, 0.05) is 25.2 Å². The SMILES string of the molecule is Cc1cccc2c1C(=O)N[C@@H](CC(=O)N[C@H]1CC[C@H](N3CCOCC3)CC1)C(=O)N2. The second kappa shape index (κ2) is 9.14. The van der Waals surface area contributed by atoms with Crippen LogP contribution in [0, 0.1) is 6.92 Å². The lowest BCUT2D eigenvalue weighted by Crippen LogP contribution is -2.49. The van der Waals surface area contributed by atoms with Gasteiger partial charge in [0.15, 0.2) is 0 Å². The summed E-state index contributed by atoms with van der Waals surface area (Å²) in [5.74, 6) is -0.892. The highest BCUT2D eigenvalue weighted by Crippen LogP contribution is 2.25. The predicted molar refractivity (Wildman–Crippen MR) is 112 cm³/mol. The molecule has 1 aromatic rings. The second-order valence-corrected chi connectivity index (χ2v) is 8.44. The van der Waals surface area contributed by atoms with E-state index in [1.165, 1.54) is 0 Å². The molecule has 30 heavy (non-hydrogen) atoms. The van der Waals surface area contributed by atoms with Gasteiger partial charge in [-0.15, -0.1) is 0 Å². The molecule has 162 valence electrons. The number of benzene rings is 1. The summed E-state index contributed by atoms with van der Waals surface area (Å²) in [6, 6.07) is 5.13. The molecule has 8 nitrogen and oxygen atoms in total. The minimum Gasteiger partial charge on any atom is -0.379 e. The third-order valence-electron chi connectivity index (χ3n) is 6.39. The highest BCUT2D eigenvalue weighted by atomic mass is 16.5. The zero-order chi connectivity index (χ0) is 21.1. The minimum atomic E-state index is -0.881. The maximum atomic E-state index is 12.6. The lowest BCUT2D eigenvalue weighted by molar-refractivity contribution is -0.126. The predicted octanol–water partition coefficient (Wildman–Crippen LogP) is 1.20. The van der Waals surface area contributed by atoms with Crippen molar-refractivity contribution < 1.29 is 19.1 Å². The highest BCUT2D eigenvalue weighted by molar-refractivity contribution is 6.11. The largest absolute Gasteiger partial charge is 0.379 e. The van der Waals surface area contributed by atoms with Gasteiger partial charge in [0.05, 0.1) is 30.9 Å². The van der Waals surface area contributed by atoms with Gasteiger partial charge in [0.2, 0.25) is 11.8 Å². The van der Waals surface area contributed by atoms with Crippen molar-refractivity contribution in [1.29, 1.82) is 0 Å². The number of morpholine rings is 1. The van der Waals surface area contributed by atoms with Crippen molar-refractivity contribution >= 4 is 23.4 Å². The number of carbonyl (C=O) groups is 3. The molecule has 0 unspecified atom stereocenters. The van der Waals surface area contributed by atoms with Gasteiger partial charge in [-0.1, -0.05) is 12.1 Å². The van der Waals surface area contributed by atoms with E-state index < -0.39 is 6.04 Å². The summed E-state index contributed by atoms with van der Waals surface area (Å²) in [5.41, 5.74) is 1.73. The molecule has 1 saturated heterocycles. The van der Waals surface area contributed by atoms with Gasteiger partial charge in [-0.3, -0.25) is 19.3 Å². The molecule has 3 aliphatic rings.